The summed E-state index contributed by atoms with van der Waals surface area (Å²) in [6, 6.07) is 3.80. The van der Waals surface area contributed by atoms with E-state index in [1.165, 1.54) is 25.7 Å². The zero-order valence-electron chi connectivity index (χ0n) is 13.6. The lowest BCUT2D eigenvalue weighted by atomic mass is 9.61. The van der Waals surface area contributed by atoms with E-state index in [2.05, 4.69) is 15.4 Å². The van der Waals surface area contributed by atoms with Crippen LogP contribution in [0.2, 0.25) is 0 Å². The van der Waals surface area contributed by atoms with E-state index in [4.69, 9.17) is 4.74 Å². The molecule has 3 fully saturated rings. The second kappa shape index (κ2) is 5.55. The van der Waals surface area contributed by atoms with Crippen molar-refractivity contribution in [2.24, 2.45) is 17.8 Å². The van der Waals surface area contributed by atoms with Crippen molar-refractivity contribution in [3.63, 3.8) is 0 Å². The monoisotopic (exact) mass is 326 g/mol. The van der Waals surface area contributed by atoms with E-state index < -0.39 is 0 Å². The molecule has 2 aliphatic carbocycles. The van der Waals surface area contributed by atoms with Gasteiger partial charge < -0.3 is 10.1 Å². The minimum atomic E-state index is -0.0844. The van der Waals surface area contributed by atoms with E-state index in [1.54, 1.807) is 16.8 Å². The summed E-state index contributed by atoms with van der Waals surface area (Å²) in [5.41, 5.74) is 1.15. The third kappa shape index (κ3) is 2.16. The number of rotatable bonds is 3. The Kier molecular flexibility index (Phi) is 3.33. The van der Waals surface area contributed by atoms with Crippen LogP contribution < -0.4 is 5.32 Å². The Hall–Kier alpha value is -1.95. The van der Waals surface area contributed by atoms with Crippen molar-refractivity contribution in [1.82, 2.24) is 19.9 Å². The highest BCUT2D eigenvalue weighted by molar-refractivity contribution is 5.93. The summed E-state index contributed by atoms with van der Waals surface area (Å²) in [6.07, 6.45) is 10.1. The van der Waals surface area contributed by atoms with E-state index >= 15 is 0 Å². The van der Waals surface area contributed by atoms with Crippen LogP contribution in [0.5, 0.6) is 0 Å². The molecule has 1 N–H and O–H groups in total. The summed E-state index contributed by atoms with van der Waals surface area (Å²) in [7, 11) is 0. The maximum absolute atomic E-state index is 12.7. The fourth-order valence-electron chi connectivity index (χ4n) is 5.03. The molecule has 1 aliphatic heterocycles. The number of ether oxygens (including phenoxy) is 1. The smallest absolute Gasteiger partial charge is 0.272 e. The third-order valence-electron chi connectivity index (χ3n) is 6.15. The maximum Gasteiger partial charge on any atom is 0.272 e. The lowest BCUT2D eigenvalue weighted by Crippen LogP contribution is -2.63. The molecule has 1 amide bonds. The van der Waals surface area contributed by atoms with Gasteiger partial charge in [-0.3, -0.25) is 4.79 Å². The highest BCUT2D eigenvalue weighted by Gasteiger charge is 2.57. The number of amides is 1. The minimum Gasteiger partial charge on any atom is -0.377 e. The Morgan fingerprint density at radius 2 is 2.17 bits per heavy atom. The lowest BCUT2D eigenvalue weighted by Gasteiger charge is -2.50. The zero-order chi connectivity index (χ0) is 16.1. The third-order valence-corrected chi connectivity index (χ3v) is 6.15. The zero-order valence-corrected chi connectivity index (χ0v) is 13.6. The molecule has 2 saturated carbocycles. The first-order valence-electron chi connectivity index (χ1n) is 9.04. The summed E-state index contributed by atoms with van der Waals surface area (Å²) in [5, 5.41) is 7.61. The largest absolute Gasteiger partial charge is 0.377 e. The number of nitrogens with zero attached hydrogens (tertiary/aromatic N) is 3. The average Bonchev–Trinajstić information content (AvgIpc) is 3.32. The second-order valence-corrected chi connectivity index (χ2v) is 7.36. The Balaban J connectivity index is 1.36. The van der Waals surface area contributed by atoms with Gasteiger partial charge in [-0.25, -0.2) is 9.50 Å². The van der Waals surface area contributed by atoms with Crippen LogP contribution in [-0.2, 0) is 4.74 Å². The number of carbonyl (C=O) groups excluding carboxylic acids is 1. The van der Waals surface area contributed by atoms with Gasteiger partial charge in [0.15, 0.2) is 11.3 Å². The molecule has 1 saturated heterocycles. The van der Waals surface area contributed by atoms with Gasteiger partial charge in [0, 0.05) is 42.9 Å². The fraction of sp³-hybridized carbons (Fsp3) is 0.611. The first kappa shape index (κ1) is 14.4. The Morgan fingerprint density at radius 1 is 1.29 bits per heavy atom. The molecule has 0 spiro atoms. The number of nitrogens with one attached hydrogen (secondary N) is 1. The molecule has 6 nitrogen and oxygen atoms in total. The predicted octanol–water partition coefficient (Wildman–Crippen LogP) is 2.05. The summed E-state index contributed by atoms with van der Waals surface area (Å²) in [6.45, 7) is 0.837. The molecule has 24 heavy (non-hydrogen) atoms. The first-order chi connectivity index (χ1) is 11.8. The van der Waals surface area contributed by atoms with E-state index in [1.807, 2.05) is 12.3 Å². The molecule has 126 valence electrons. The number of hydrogen-bond donors (Lipinski definition) is 1. The molecule has 3 heterocycles. The van der Waals surface area contributed by atoms with Gasteiger partial charge >= 0.3 is 0 Å². The van der Waals surface area contributed by atoms with Gasteiger partial charge in [0.2, 0.25) is 0 Å². The van der Waals surface area contributed by atoms with Crippen molar-refractivity contribution in [3.8, 4) is 0 Å². The molecule has 3 aliphatic rings. The highest BCUT2D eigenvalue weighted by atomic mass is 16.5. The normalized spacial score (nSPS) is 32.7. The Labute approximate surface area is 140 Å². The van der Waals surface area contributed by atoms with Gasteiger partial charge in [-0.15, -0.1) is 0 Å². The van der Waals surface area contributed by atoms with Crippen LogP contribution in [0.3, 0.4) is 0 Å². The molecule has 2 aromatic rings. The number of fused-ring (bicyclic) bond motifs is 2. The van der Waals surface area contributed by atoms with Crippen molar-refractivity contribution in [3.05, 3.63) is 30.2 Å². The van der Waals surface area contributed by atoms with Crippen LogP contribution in [0.1, 0.15) is 42.6 Å². The van der Waals surface area contributed by atoms with Crippen molar-refractivity contribution >= 4 is 11.6 Å². The summed E-state index contributed by atoms with van der Waals surface area (Å²) in [4.78, 5) is 16.9. The molecule has 0 radical (unpaired) electrons. The number of carbonyl (C=O) groups is 1. The molecule has 0 bridgehead atoms. The molecule has 5 rings (SSSR count). The van der Waals surface area contributed by atoms with Crippen LogP contribution in [0.25, 0.3) is 5.65 Å². The van der Waals surface area contributed by atoms with Gasteiger partial charge in [0.25, 0.3) is 5.91 Å². The summed E-state index contributed by atoms with van der Waals surface area (Å²) >= 11 is 0. The van der Waals surface area contributed by atoms with Gasteiger partial charge in [0.1, 0.15) is 0 Å². The summed E-state index contributed by atoms with van der Waals surface area (Å²) < 4.78 is 7.61. The number of hydrogen-bond acceptors (Lipinski definition) is 4. The van der Waals surface area contributed by atoms with Gasteiger partial charge in [-0.2, -0.15) is 5.10 Å². The quantitative estimate of drug-likeness (QED) is 0.937. The van der Waals surface area contributed by atoms with Crippen molar-refractivity contribution in [2.75, 3.05) is 6.61 Å². The minimum absolute atomic E-state index is 0.0844. The summed E-state index contributed by atoms with van der Waals surface area (Å²) in [5.74, 6) is 1.59. The molecule has 0 aromatic carbocycles. The predicted molar refractivity (Wildman–Crippen MR) is 87.5 cm³/mol. The Bertz CT molecular complexity index is 729. The van der Waals surface area contributed by atoms with Gasteiger partial charge in [-0.05, 0) is 18.4 Å². The highest BCUT2D eigenvalue weighted by Crippen LogP contribution is 2.51. The Morgan fingerprint density at radius 3 is 3.00 bits per heavy atom. The van der Waals surface area contributed by atoms with Crippen LogP contribution >= 0.6 is 0 Å². The molecule has 6 heteroatoms. The molecular weight excluding hydrogens is 304 g/mol. The van der Waals surface area contributed by atoms with E-state index in [9.17, 15) is 4.79 Å². The second-order valence-electron chi connectivity index (χ2n) is 7.36. The SMILES string of the molecule is O=C(N[C@H]1[C@@H]2CCO[C@@H]2[C@@H]1C1CCCC1)c1cc2ncccn2n1. The molecular formula is C18H22N4O2. The van der Waals surface area contributed by atoms with Gasteiger partial charge in [-0.1, -0.05) is 25.7 Å². The van der Waals surface area contributed by atoms with E-state index in [-0.39, 0.29) is 11.9 Å². The maximum atomic E-state index is 12.7. The van der Waals surface area contributed by atoms with Crippen molar-refractivity contribution < 1.29 is 9.53 Å². The molecule has 0 unspecified atom stereocenters. The van der Waals surface area contributed by atoms with Crippen LogP contribution in [-0.4, -0.2) is 39.3 Å². The van der Waals surface area contributed by atoms with Crippen LogP contribution in [0.15, 0.2) is 24.5 Å². The molecule has 4 atom stereocenters. The van der Waals surface area contributed by atoms with Gasteiger partial charge in [0.05, 0.1) is 6.10 Å². The van der Waals surface area contributed by atoms with Crippen LogP contribution in [0.4, 0.5) is 0 Å². The van der Waals surface area contributed by atoms with E-state index in [0.29, 0.717) is 35.2 Å². The van der Waals surface area contributed by atoms with Crippen molar-refractivity contribution in [2.45, 2.75) is 44.2 Å². The first-order valence-corrected chi connectivity index (χ1v) is 9.04. The number of aromatic nitrogens is 3. The fourth-order valence-corrected chi connectivity index (χ4v) is 5.03. The average molecular weight is 326 g/mol. The van der Waals surface area contributed by atoms with Crippen LogP contribution in [0, 0.1) is 17.8 Å². The topological polar surface area (TPSA) is 68.5 Å². The van der Waals surface area contributed by atoms with Crippen molar-refractivity contribution in [1.29, 1.82) is 0 Å². The standard InChI is InChI=1S/C18H22N4O2/c23-18(13-10-14-19-7-3-8-22(14)21-13)20-16-12-6-9-24-17(12)15(16)11-4-1-2-5-11/h3,7-8,10-12,15-17H,1-2,4-6,9H2,(H,20,23)/t12-,15+,16-,17-/m0/s1. The van der Waals surface area contributed by atoms with E-state index in [0.717, 1.165) is 13.0 Å². The lowest BCUT2D eigenvalue weighted by molar-refractivity contribution is -0.0784. The molecule has 2 aromatic heterocycles.